The van der Waals surface area contributed by atoms with Gasteiger partial charge in [0.05, 0.1) is 10.2 Å². The van der Waals surface area contributed by atoms with E-state index in [1.807, 2.05) is 0 Å². The van der Waals surface area contributed by atoms with Gasteiger partial charge in [-0.3, -0.25) is 4.79 Å². The Morgan fingerprint density at radius 3 is 2.55 bits per heavy atom. The summed E-state index contributed by atoms with van der Waals surface area (Å²) in [5, 5.41) is 13.6. The summed E-state index contributed by atoms with van der Waals surface area (Å²) in [5.41, 5.74) is 0.230. The molecule has 4 heterocycles. The summed E-state index contributed by atoms with van der Waals surface area (Å²) < 4.78 is 67.1. The number of halogens is 5. The number of carbonyl (C=O) groups is 1. The summed E-state index contributed by atoms with van der Waals surface area (Å²) in [5.74, 6) is -3.52. The SMILES string of the molecule is O=C(Nc1nc2cc(F)c(F)cc2s1)C1CCN(c2ccc3nnc(C(F)(F)F)n3n2)CC1. The number of rotatable bonds is 3. The Balaban J connectivity index is 1.26. The molecule has 0 aliphatic carbocycles. The van der Waals surface area contributed by atoms with Crippen molar-refractivity contribution in [3.8, 4) is 0 Å². The highest BCUT2D eigenvalue weighted by molar-refractivity contribution is 7.22. The minimum Gasteiger partial charge on any atom is -0.355 e. The van der Waals surface area contributed by atoms with Crippen LogP contribution in [0, 0.1) is 17.6 Å². The average Bonchev–Trinajstić information content (AvgIpc) is 3.37. The van der Waals surface area contributed by atoms with Crippen molar-refractivity contribution in [1.82, 2.24) is 24.8 Å². The van der Waals surface area contributed by atoms with Crippen LogP contribution in [-0.2, 0) is 11.0 Å². The van der Waals surface area contributed by atoms with Crippen LogP contribution in [0.4, 0.5) is 32.9 Å². The van der Waals surface area contributed by atoms with Crippen LogP contribution < -0.4 is 10.2 Å². The fraction of sp³-hybridized carbons (Fsp3) is 0.316. The van der Waals surface area contributed by atoms with Gasteiger partial charge in [-0.05, 0) is 31.0 Å². The Bertz CT molecular complexity index is 1320. The van der Waals surface area contributed by atoms with E-state index in [2.05, 4.69) is 25.6 Å². The van der Waals surface area contributed by atoms with Crippen molar-refractivity contribution in [3.05, 3.63) is 41.7 Å². The number of aromatic nitrogens is 5. The summed E-state index contributed by atoms with van der Waals surface area (Å²) in [6.07, 6.45) is -3.81. The number of alkyl halides is 3. The molecule has 4 aromatic rings. The molecule has 1 aliphatic rings. The predicted octanol–water partition coefficient (Wildman–Crippen LogP) is 3.89. The molecule has 0 atom stereocenters. The van der Waals surface area contributed by atoms with Crippen LogP contribution in [0.15, 0.2) is 24.3 Å². The van der Waals surface area contributed by atoms with Crippen LogP contribution >= 0.6 is 11.3 Å². The van der Waals surface area contributed by atoms with E-state index in [4.69, 9.17) is 0 Å². The maximum atomic E-state index is 13.4. The van der Waals surface area contributed by atoms with Crippen molar-refractivity contribution < 1.29 is 26.7 Å². The van der Waals surface area contributed by atoms with Gasteiger partial charge in [0.25, 0.3) is 5.82 Å². The second-order valence-corrected chi connectivity index (χ2v) is 8.52. The Morgan fingerprint density at radius 2 is 1.82 bits per heavy atom. The zero-order chi connectivity index (χ0) is 23.3. The number of fused-ring (bicyclic) bond motifs is 2. The lowest BCUT2D eigenvalue weighted by atomic mass is 9.96. The Labute approximate surface area is 186 Å². The van der Waals surface area contributed by atoms with Crippen molar-refractivity contribution in [2.45, 2.75) is 19.0 Å². The number of carbonyl (C=O) groups excluding carboxylic acids is 1. The highest BCUT2D eigenvalue weighted by Gasteiger charge is 2.38. The Hall–Kier alpha value is -3.42. The first-order valence-electron chi connectivity index (χ1n) is 9.80. The van der Waals surface area contributed by atoms with E-state index in [1.54, 1.807) is 11.0 Å². The molecule has 1 amide bonds. The van der Waals surface area contributed by atoms with Gasteiger partial charge in [0, 0.05) is 25.1 Å². The smallest absolute Gasteiger partial charge is 0.355 e. The molecular weight excluding hydrogens is 469 g/mol. The number of amides is 1. The lowest BCUT2D eigenvalue weighted by Crippen LogP contribution is -2.38. The molecule has 1 aliphatic heterocycles. The van der Waals surface area contributed by atoms with Crippen LogP contribution in [0.25, 0.3) is 15.9 Å². The maximum absolute atomic E-state index is 13.4. The number of thiazole rings is 1. The molecule has 0 bridgehead atoms. The molecule has 14 heteroatoms. The highest BCUT2D eigenvalue weighted by Crippen LogP contribution is 2.30. The fourth-order valence-corrected chi connectivity index (χ4v) is 4.56. The van der Waals surface area contributed by atoms with Gasteiger partial charge >= 0.3 is 6.18 Å². The summed E-state index contributed by atoms with van der Waals surface area (Å²) in [4.78, 5) is 18.5. The number of piperidine rings is 1. The molecule has 33 heavy (non-hydrogen) atoms. The van der Waals surface area contributed by atoms with E-state index in [0.29, 0.717) is 41.0 Å². The van der Waals surface area contributed by atoms with Gasteiger partial charge in [-0.2, -0.15) is 17.7 Å². The summed E-state index contributed by atoms with van der Waals surface area (Å²) >= 11 is 1.04. The van der Waals surface area contributed by atoms with Crippen LogP contribution in [0.1, 0.15) is 18.7 Å². The number of anilines is 2. The van der Waals surface area contributed by atoms with E-state index in [1.165, 1.54) is 6.07 Å². The number of nitrogens with one attached hydrogen (secondary N) is 1. The number of nitrogens with zero attached hydrogens (tertiary/aromatic N) is 6. The minimum atomic E-state index is -4.69. The van der Waals surface area contributed by atoms with Crippen molar-refractivity contribution >= 4 is 44.1 Å². The summed E-state index contributed by atoms with van der Waals surface area (Å²) in [7, 11) is 0. The monoisotopic (exact) mass is 483 g/mol. The minimum absolute atomic E-state index is 0.0177. The van der Waals surface area contributed by atoms with Crippen molar-refractivity contribution in [2.75, 3.05) is 23.3 Å². The highest BCUT2D eigenvalue weighted by atomic mass is 32.1. The van der Waals surface area contributed by atoms with Crippen molar-refractivity contribution in [3.63, 3.8) is 0 Å². The van der Waals surface area contributed by atoms with Gasteiger partial charge in [0.1, 0.15) is 5.82 Å². The standard InChI is InChI=1S/C19H14F5N7OS/c20-10-7-12-13(8-11(10)21)33-18(25-12)26-16(32)9-3-5-30(6-4-9)15-2-1-14-27-28-17(19(22,23)24)31(14)29-15/h1-2,7-9H,3-6H2,(H,25,26,32). The average molecular weight is 483 g/mol. The first-order valence-corrected chi connectivity index (χ1v) is 10.6. The molecule has 0 radical (unpaired) electrons. The second-order valence-electron chi connectivity index (χ2n) is 7.49. The van der Waals surface area contributed by atoms with E-state index >= 15 is 0 Å². The van der Waals surface area contributed by atoms with Gasteiger partial charge < -0.3 is 10.2 Å². The molecule has 172 valence electrons. The molecule has 0 spiro atoms. The predicted molar refractivity (Wildman–Crippen MR) is 109 cm³/mol. The van der Waals surface area contributed by atoms with E-state index in [9.17, 15) is 26.7 Å². The zero-order valence-electron chi connectivity index (χ0n) is 16.6. The first-order chi connectivity index (χ1) is 15.7. The largest absolute Gasteiger partial charge is 0.453 e. The van der Waals surface area contributed by atoms with Crippen molar-refractivity contribution in [1.29, 1.82) is 0 Å². The normalized spacial score (nSPS) is 15.5. The summed E-state index contributed by atoms with van der Waals surface area (Å²) in [6.45, 7) is 0.798. The number of hydrogen-bond acceptors (Lipinski definition) is 7. The third kappa shape index (κ3) is 4.05. The molecule has 3 aromatic heterocycles. The molecule has 0 saturated carbocycles. The van der Waals surface area contributed by atoms with E-state index < -0.39 is 23.6 Å². The second kappa shape index (κ2) is 7.86. The van der Waals surface area contributed by atoms with Crippen LogP contribution in [-0.4, -0.2) is 43.8 Å². The third-order valence-electron chi connectivity index (χ3n) is 5.35. The summed E-state index contributed by atoms with van der Waals surface area (Å²) in [6, 6.07) is 4.96. The molecular formula is C19H14F5N7OS. The van der Waals surface area contributed by atoms with Crippen LogP contribution in [0.2, 0.25) is 0 Å². The van der Waals surface area contributed by atoms with E-state index in [-0.39, 0.29) is 28.1 Å². The third-order valence-corrected chi connectivity index (χ3v) is 6.29. The molecule has 1 aromatic carbocycles. The van der Waals surface area contributed by atoms with Gasteiger partial charge in [0.2, 0.25) is 5.91 Å². The van der Waals surface area contributed by atoms with Gasteiger partial charge in [-0.25, -0.2) is 13.8 Å². The van der Waals surface area contributed by atoms with Gasteiger partial charge in [0.15, 0.2) is 22.4 Å². The van der Waals surface area contributed by atoms with Crippen LogP contribution in [0.3, 0.4) is 0 Å². The first kappa shape index (κ1) is 21.4. The Morgan fingerprint density at radius 1 is 1.09 bits per heavy atom. The van der Waals surface area contributed by atoms with Crippen molar-refractivity contribution in [2.24, 2.45) is 5.92 Å². The number of hydrogen-bond donors (Lipinski definition) is 1. The van der Waals surface area contributed by atoms with Gasteiger partial charge in [-0.1, -0.05) is 11.3 Å². The molecule has 0 unspecified atom stereocenters. The quantitative estimate of drug-likeness (QED) is 0.445. The molecule has 1 saturated heterocycles. The van der Waals surface area contributed by atoms with Crippen LogP contribution in [0.5, 0.6) is 0 Å². The topological polar surface area (TPSA) is 88.3 Å². The zero-order valence-corrected chi connectivity index (χ0v) is 17.4. The molecule has 1 fully saturated rings. The maximum Gasteiger partial charge on any atom is 0.453 e. The molecule has 8 nitrogen and oxygen atoms in total. The lowest BCUT2D eigenvalue weighted by molar-refractivity contribution is -0.146. The molecule has 1 N–H and O–H groups in total. The Kier molecular flexibility index (Phi) is 5.11. The lowest BCUT2D eigenvalue weighted by Gasteiger charge is -2.31. The van der Waals surface area contributed by atoms with Gasteiger partial charge in [-0.15, -0.1) is 15.3 Å². The van der Waals surface area contributed by atoms with E-state index in [0.717, 1.165) is 23.5 Å². The number of benzene rings is 1. The molecule has 5 rings (SSSR count). The fourth-order valence-electron chi connectivity index (χ4n) is 3.68.